The molecule has 0 unspecified atom stereocenters. The fourth-order valence-electron chi connectivity index (χ4n) is 1.08. The standard InChI is InChI=1S/C12H10I.CHF3.H2S/c1-3-7-11(8-4-1)13-12-9-5-2-6-10-12;2-1(3)4;/h1-10H;1H;1H2/q-1;;. The molecule has 18 heavy (non-hydrogen) atoms. The van der Waals surface area contributed by atoms with Crippen LogP contribution in [0.2, 0.25) is 0 Å². The van der Waals surface area contributed by atoms with Gasteiger partial charge in [-0.25, -0.2) is 0 Å². The van der Waals surface area contributed by atoms with Crippen LogP contribution in [0.15, 0.2) is 60.7 Å². The van der Waals surface area contributed by atoms with E-state index in [9.17, 15) is 13.2 Å². The van der Waals surface area contributed by atoms with Crippen LogP contribution < -0.4 is 21.2 Å². The molecule has 0 aromatic heterocycles. The van der Waals surface area contributed by atoms with Gasteiger partial charge in [0, 0.05) is 0 Å². The van der Waals surface area contributed by atoms with E-state index in [-0.39, 0.29) is 34.7 Å². The average molecular weight is 385 g/mol. The SMILES string of the molecule is FC(F)F.S.c1ccc([I-]c2ccccc2)cc1. The van der Waals surface area contributed by atoms with Crippen molar-refractivity contribution < 1.29 is 34.4 Å². The van der Waals surface area contributed by atoms with Crippen LogP contribution in [0.3, 0.4) is 0 Å². The molecule has 0 heterocycles. The molecule has 2 aromatic rings. The average Bonchev–Trinajstić information content (AvgIpc) is 2.31. The molecule has 2 rings (SSSR count). The Hall–Kier alpha value is -0.690. The molecule has 0 aliphatic rings. The van der Waals surface area contributed by atoms with Gasteiger partial charge in [0.15, 0.2) is 0 Å². The molecule has 0 bridgehead atoms. The van der Waals surface area contributed by atoms with Crippen LogP contribution in [0, 0.1) is 7.14 Å². The second-order valence-corrected chi connectivity index (χ2v) is 5.96. The van der Waals surface area contributed by atoms with E-state index in [1.54, 1.807) is 0 Å². The molecule has 0 N–H and O–H groups in total. The summed E-state index contributed by atoms with van der Waals surface area (Å²) in [6, 6.07) is 21.4. The summed E-state index contributed by atoms with van der Waals surface area (Å²) in [5.41, 5.74) is 0. The third-order valence-electron chi connectivity index (χ3n) is 1.68. The van der Waals surface area contributed by atoms with E-state index in [4.69, 9.17) is 0 Å². The Morgan fingerprint density at radius 1 is 0.667 bits per heavy atom. The maximum atomic E-state index is 9.67. The molecule has 0 fully saturated rings. The zero-order chi connectivity index (χ0) is 12.5. The van der Waals surface area contributed by atoms with Crippen LogP contribution in [0.1, 0.15) is 0 Å². The van der Waals surface area contributed by atoms with Gasteiger partial charge < -0.3 is 0 Å². The van der Waals surface area contributed by atoms with E-state index < -0.39 is 6.68 Å². The van der Waals surface area contributed by atoms with E-state index in [0.29, 0.717) is 0 Å². The Morgan fingerprint density at radius 3 is 1.22 bits per heavy atom. The molecule has 0 radical (unpaired) electrons. The van der Waals surface area contributed by atoms with Gasteiger partial charge >= 0.3 is 95.7 Å². The van der Waals surface area contributed by atoms with E-state index in [1.165, 1.54) is 7.14 Å². The van der Waals surface area contributed by atoms with E-state index in [0.717, 1.165) is 0 Å². The van der Waals surface area contributed by atoms with Crippen molar-refractivity contribution in [2.24, 2.45) is 0 Å². The van der Waals surface area contributed by atoms with Gasteiger partial charge in [-0.15, -0.1) is 0 Å². The molecule has 2 aromatic carbocycles. The van der Waals surface area contributed by atoms with Gasteiger partial charge in [0.25, 0.3) is 0 Å². The normalized spacial score (nSPS) is 9.33. The van der Waals surface area contributed by atoms with Crippen molar-refractivity contribution in [2.75, 3.05) is 0 Å². The van der Waals surface area contributed by atoms with Crippen molar-refractivity contribution in [2.45, 2.75) is 6.68 Å². The summed E-state index contributed by atoms with van der Waals surface area (Å²) in [7, 11) is 0. The maximum absolute atomic E-state index is 9.67. The summed E-state index contributed by atoms with van der Waals surface area (Å²) < 4.78 is 32.0. The van der Waals surface area contributed by atoms with Gasteiger partial charge in [-0.1, -0.05) is 0 Å². The summed E-state index contributed by atoms with van der Waals surface area (Å²) in [6.45, 7) is -3.67. The Bertz CT molecular complexity index is 369. The number of halogens is 4. The van der Waals surface area contributed by atoms with Crippen LogP contribution in [0.5, 0.6) is 0 Å². The molecule has 100 valence electrons. The summed E-state index contributed by atoms with van der Waals surface area (Å²) in [5.74, 6) is 0. The number of benzene rings is 2. The second kappa shape index (κ2) is 10.3. The van der Waals surface area contributed by atoms with Gasteiger partial charge in [-0.2, -0.15) is 26.7 Å². The summed E-state index contributed by atoms with van der Waals surface area (Å²) in [4.78, 5) is 0. The van der Waals surface area contributed by atoms with Crippen LogP contribution >= 0.6 is 13.5 Å². The first-order chi connectivity index (χ1) is 8.18. The molecule has 0 atom stereocenters. The molecule has 0 nitrogen and oxygen atoms in total. The number of alkyl halides is 3. The van der Waals surface area contributed by atoms with E-state index in [2.05, 4.69) is 60.7 Å². The van der Waals surface area contributed by atoms with Crippen molar-refractivity contribution in [3.8, 4) is 0 Å². The third kappa shape index (κ3) is 8.41. The molecule has 5 heteroatoms. The second-order valence-electron chi connectivity index (χ2n) is 2.93. The van der Waals surface area contributed by atoms with Gasteiger partial charge in [0.05, 0.1) is 0 Å². The Morgan fingerprint density at radius 2 is 0.944 bits per heavy atom. The molecule has 0 saturated carbocycles. The fourth-order valence-corrected chi connectivity index (χ4v) is 3.35. The van der Waals surface area contributed by atoms with Crippen molar-refractivity contribution >= 4 is 13.5 Å². The Labute approximate surface area is 122 Å². The first-order valence-corrected chi connectivity index (χ1v) is 7.01. The number of hydrogen-bond donors (Lipinski definition) is 0. The molecule has 0 spiro atoms. The van der Waals surface area contributed by atoms with Crippen molar-refractivity contribution in [1.29, 1.82) is 0 Å². The zero-order valence-electron chi connectivity index (χ0n) is 9.36. The van der Waals surface area contributed by atoms with Crippen LogP contribution in [-0.4, -0.2) is 6.68 Å². The first kappa shape index (κ1) is 17.3. The molecule has 0 saturated heterocycles. The summed E-state index contributed by atoms with van der Waals surface area (Å²) in [5, 5.41) is 0. The number of hydrogen-bond acceptors (Lipinski definition) is 0. The van der Waals surface area contributed by atoms with Gasteiger partial charge in [-0.3, -0.25) is 0 Å². The van der Waals surface area contributed by atoms with Crippen LogP contribution in [-0.2, 0) is 0 Å². The predicted octanol–water partition coefficient (Wildman–Crippen LogP) is 1.11. The number of rotatable bonds is 2. The monoisotopic (exact) mass is 385 g/mol. The minimum atomic E-state index is -3.67. The van der Waals surface area contributed by atoms with Crippen LogP contribution in [0.4, 0.5) is 13.2 Å². The van der Waals surface area contributed by atoms with Crippen molar-refractivity contribution in [3.05, 3.63) is 67.8 Å². The predicted molar refractivity (Wildman–Crippen MR) is 67.8 cm³/mol. The van der Waals surface area contributed by atoms with Gasteiger partial charge in [0.1, 0.15) is 0 Å². The van der Waals surface area contributed by atoms with Crippen molar-refractivity contribution in [1.82, 2.24) is 0 Å². The summed E-state index contributed by atoms with van der Waals surface area (Å²) in [6.07, 6.45) is 0. The summed E-state index contributed by atoms with van der Waals surface area (Å²) >= 11 is 0.0287. The first-order valence-electron chi connectivity index (χ1n) is 4.85. The Kier molecular flexibility index (Phi) is 9.86. The van der Waals surface area contributed by atoms with Gasteiger partial charge in [0.2, 0.25) is 0 Å². The molecular formula is C13H13F3IS-. The third-order valence-corrected chi connectivity index (χ3v) is 4.37. The molecule has 0 aliphatic carbocycles. The Balaban J connectivity index is 0.000000512. The van der Waals surface area contributed by atoms with Crippen molar-refractivity contribution in [3.63, 3.8) is 0 Å². The minimum absolute atomic E-state index is 0. The topological polar surface area (TPSA) is 0 Å². The molecule has 0 aliphatic heterocycles. The van der Waals surface area contributed by atoms with E-state index in [1.807, 2.05) is 0 Å². The quantitative estimate of drug-likeness (QED) is 0.680. The molecular weight excluding hydrogens is 372 g/mol. The molecule has 0 amide bonds. The van der Waals surface area contributed by atoms with Gasteiger partial charge in [-0.05, 0) is 0 Å². The van der Waals surface area contributed by atoms with E-state index >= 15 is 0 Å². The zero-order valence-corrected chi connectivity index (χ0v) is 12.5. The fraction of sp³-hybridized carbons (Fsp3) is 0.0769. The van der Waals surface area contributed by atoms with Crippen LogP contribution in [0.25, 0.3) is 0 Å².